The summed E-state index contributed by atoms with van der Waals surface area (Å²) in [7, 11) is 0. The number of benzene rings is 2. The van der Waals surface area contributed by atoms with E-state index in [4.69, 9.17) is 32.7 Å². The van der Waals surface area contributed by atoms with Crippen LogP contribution in [0.5, 0.6) is 5.75 Å². The first-order valence-electron chi connectivity index (χ1n) is 9.29. The average Bonchev–Trinajstić information content (AvgIpc) is 2.72. The van der Waals surface area contributed by atoms with Gasteiger partial charge in [-0.3, -0.25) is 9.69 Å². The average molecular weight is 437 g/mol. The fraction of sp³-hybridized carbons (Fsp3) is 0.333. The van der Waals surface area contributed by atoms with E-state index in [1.54, 1.807) is 17.0 Å². The Morgan fingerprint density at radius 1 is 0.931 bits per heavy atom. The zero-order valence-electron chi connectivity index (χ0n) is 15.9. The van der Waals surface area contributed by atoms with Crippen molar-refractivity contribution in [2.45, 2.75) is 6.54 Å². The molecule has 1 aliphatic rings. The first-order valence-corrected chi connectivity index (χ1v) is 10.0. The third kappa shape index (κ3) is 6.63. The molecule has 0 unspecified atom stereocenters. The van der Waals surface area contributed by atoms with Gasteiger partial charge < -0.3 is 14.4 Å². The van der Waals surface area contributed by atoms with E-state index in [1.165, 1.54) is 11.6 Å². The van der Waals surface area contributed by atoms with E-state index in [1.807, 2.05) is 18.2 Å². The molecule has 0 radical (unpaired) electrons. The van der Waals surface area contributed by atoms with E-state index < -0.39 is 5.97 Å². The number of carbonyl (C=O) groups is 2. The lowest BCUT2D eigenvalue weighted by atomic mass is 10.2. The number of rotatable bonds is 7. The number of esters is 1. The fourth-order valence-corrected chi connectivity index (χ4v) is 3.46. The van der Waals surface area contributed by atoms with Crippen molar-refractivity contribution in [3.63, 3.8) is 0 Å². The number of amides is 1. The summed E-state index contributed by atoms with van der Waals surface area (Å²) in [5.74, 6) is -0.511. The van der Waals surface area contributed by atoms with Gasteiger partial charge in [-0.1, -0.05) is 53.5 Å². The van der Waals surface area contributed by atoms with Crippen LogP contribution in [0.1, 0.15) is 5.56 Å². The lowest BCUT2D eigenvalue weighted by Gasteiger charge is -2.34. The van der Waals surface area contributed by atoms with Crippen molar-refractivity contribution >= 4 is 35.1 Å². The van der Waals surface area contributed by atoms with Crippen molar-refractivity contribution in [1.29, 1.82) is 0 Å². The number of ether oxygens (including phenoxy) is 2. The van der Waals surface area contributed by atoms with Gasteiger partial charge in [0.2, 0.25) is 0 Å². The predicted molar refractivity (Wildman–Crippen MR) is 111 cm³/mol. The summed E-state index contributed by atoms with van der Waals surface area (Å²) in [6, 6.07) is 14.9. The molecule has 1 amide bonds. The van der Waals surface area contributed by atoms with E-state index in [0.29, 0.717) is 28.9 Å². The number of hydrogen-bond donors (Lipinski definition) is 0. The Labute approximate surface area is 179 Å². The predicted octanol–water partition coefficient (Wildman–Crippen LogP) is 3.26. The van der Waals surface area contributed by atoms with Crippen LogP contribution in [0.2, 0.25) is 10.0 Å². The number of piperazine rings is 1. The van der Waals surface area contributed by atoms with E-state index in [-0.39, 0.29) is 19.1 Å². The highest BCUT2D eigenvalue weighted by molar-refractivity contribution is 6.35. The smallest absolute Gasteiger partial charge is 0.344 e. The summed E-state index contributed by atoms with van der Waals surface area (Å²) < 4.78 is 10.3. The first kappa shape index (κ1) is 21.4. The zero-order chi connectivity index (χ0) is 20.6. The molecule has 0 atom stereocenters. The van der Waals surface area contributed by atoms with Crippen LogP contribution in [0, 0.1) is 0 Å². The number of nitrogens with zero attached hydrogens (tertiary/aromatic N) is 2. The highest BCUT2D eigenvalue weighted by Gasteiger charge is 2.22. The second-order valence-electron chi connectivity index (χ2n) is 6.67. The topological polar surface area (TPSA) is 59.1 Å². The molecule has 6 nitrogen and oxygen atoms in total. The third-order valence-corrected chi connectivity index (χ3v) is 5.10. The van der Waals surface area contributed by atoms with Gasteiger partial charge in [-0.25, -0.2) is 4.79 Å². The van der Waals surface area contributed by atoms with Crippen molar-refractivity contribution in [3.8, 4) is 5.75 Å². The number of carbonyl (C=O) groups excluding carboxylic acids is 2. The standard InChI is InChI=1S/C21H22Cl2N2O4/c22-17-6-7-19(18(23)12-17)28-15-21(27)29-14-20(26)25-10-8-24(9-11-25)13-16-4-2-1-3-5-16/h1-7,12H,8-11,13-15H2. The zero-order valence-corrected chi connectivity index (χ0v) is 17.4. The largest absolute Gasteiger partial charge is 0.480 e. The highest BCUT2D eigenvalue weighted by atomic mass is 35.5. The van der Waals surface area contributed by atoms with Crippen molar-refractivity contribution in [2.75, 3.05) is 39.4 Å². The first-order chi connectivity index (χ1) is 14.0. The summed E-state index contributed by atoms with van der Waals surface area (Å²) in [6.07, 6.45) is 0. The van der Waals surface area contributed by atoms with Gasteiger partial charge in [0.25, 0.3) is 5.91 Å². The molecule has 1 heterocycles. The summed E-state index contributed by atoms with van der Waals surface area (Å²) in [4.78, 5) is 28.1. The molecule has 0 spiro atoms. The molecule has 1 saturated heterocycles. The molecule has 0 bridgehead atoms. The van der Waals surface area contributed by atoms with Gasteiger partial charge in [0.1, 0.15) is 5.75 Å². The van der Waals surface area contributed by atoms with Crippen LogP contribution in [-0.2, 0) is 20.9 Å². The maximum atomic E-state index is 12.3. The lowest BCUT2D eigenvalue weighted by molar-refractivity contribution is -0.154. The maximum absolute atomic E-state index is 12.3. The Balaban J connectivity index is 1.35. The lowest BCUT2D eigenvalue weighted by Crippen LogP contribution is -2.49. The second-order valence-corrected chi connectivity index (χ2v) is 7.51. The minimum Gasteiger partial charge on any atom is -0.480 e. The summed E-state index contributed by atoms with van der Waals surface area (Å²) in [5.41, 5.74) is 1.25. The van der Waals surface area contributed by atoms with E-state index in [9.17, 15) is 9.59 Å². The van der Waals surface area contributed by atoms with Crippen LogP contribution >= 0.6 is 23.2 Å². The molecule has 2 aromatic carbocycles. The molecule has 0 N–H and O–H groups in total. The summed E-state index contributed by atoms with van der Waals surface area (Å²) >= 11 is 11.8. The molecule has 154 valence electrons. The maximum Gasteiger partial charge on any atom is 0.344 e. The van der Waals surface area contributed by atoms with Crippen LogP contribution < -0.4 is 4.74 Å². The quantitative estimate of drug-likeness (QED) is 0.623. The summed E-state index contributed by atoms with van der Waals surface area (Å²) in [5, 5.41) is 0.772. The Morgan fingerprint density at radius 2 is 1.66 bits per heavy atom. The van der Waals surface area contributed by atoms with Gasteiger partial charge in [-0.15, -0.1) is 0 Å². The molecule has 0 aromatic heterocycles. The Hall–Kier alpha value is -2.28. The minimum absolute atomic E-state index is 0.206. The molecule has 0 saturated carbocycles. The van der Waals surface area contributed by atoms with Gasteiger partial charge in [0, 0.05) is 37.7 Å². The van der Waals surface area contributed by atoms with Crippen LogP contribution in [0.4, 0.5) is 0 Å². The highest BCUT2D eigenvalue weighted by Crippen LogP contribution is 2.27. The molecule has 29 heavy (non-hydrogen) atoms. The molecule has 1 fully saturated rings. The molecular formula is C21H22Cl2N2O4. The van der Waals surface area contributed by atoms with Gasteiger partial charge in [-0.2, -0.15) is 0 Å². The fourth-order valence-electron chi connectivity index (χ4n) is 3.00. The number of hydrogen-bond acceptors (Lipinski definition) is 5. The van der Waals surface area contributed by atoms with Gasteiger partial charge in [0.05, 0.1) is 5.02 Å². The van der Waals surface area contributed by atoms with Gasteiger partial charge in [-0.05, 0) is 23.8 Å². The van der Waals surface area contributed by atoms with Crippen LogP contribution in [0.25, 0.3) is 0 Å². The Bertz CT molecular complexity index is 840. The second kappa shape index (κ2) is 10.5. The molecule has 8 heteroatoms. The monoisotopic (exact) mass is 436 g/mol. The normalized spacial score (nSPS) is 14.5. The van der Waals surface area contributed by atoms with Crippen molar-refractivity contribution in [1.82, 2.24) is 9.80 Å². The van der Waals surface area contributed by atoms with Gasteiger partial charge >= 0.3 is 5.97 Å². The van der Waals surface area contributed by atoms with Crippen LogP contribution in [0.15, 0.2) is 48.5 Å². The molecule has 2 aromatic rings. The van der Waals surface area contributed by atoms with Crippen molar-refractivity contribution in [3.05, 3.63) is 64.1 Å². The van der Waals surface area contributed by atoms with E-state index in [0.717, 1.165) is 19.6 Å². The third-order valence-electron chi connectivity index (χ3n) is 4.57. The molecule has 1 aliphatic heterocycles. The Kier molecular flexibility index (Phi) is 7.75. The summed E-state index contributed by atoms with van der Waals surface area (Å²) in [6.45, 7) is 3.02. The Morgan fingerprint density at radius 3 is 2.34 bits per heavy atom. The minimum atomic E-state index is -0.632. The van der Waals surface area contributed by atoms with Gasteiger partial charge in [0.15, 0.2) is 13.2 Å². The van der Waals surface area contributed by atoms with E-state index >= 15 is 0 Å². The van der Waals surface area contributed by atoms with Crippen LogP contribution in [-0.4, -0.2) is 61.1 Å². The SMILES string of the molecule is O=C(COc1ccc(Cl)cc1Cl)OCC(=O)N1CCN(Cc2ccccc2)CC1. The molecule has 3 rings (SSSR count). The van der Waals surface area contributed by atoms with Crippen LogP contribution in [0.3, 0.4) is 0 Å². The molecular weight excluding hydrogens is 415 g/mol. The van der Waals surface area contributed by atoms with E-state index in [2.05, 4.69) is 17.0 Å². The van der Waals surface area contributed by atoms with Crippen molar-refractivity contribution < 1.29 is 19.1 Å². The van der Waals surface area contributed by atoms with Crippen molar-refractivity contribution in [2.24, 2.45) is 0 Å². The number of halogens is 2. The molecule has 0 aliphatic carbocycles.